The zero-order valence-electron chi connectivity index (χ0n) is 20.0. The van der Waals surface area contributed by atoms with Crippen molar-refractivity contribution in [2.45, 2.75) is 6.42 Å². The zero-order valence-corrected chi connectivity index (χ0v) is 20.0. The minimum atomic E-state index is -0.241. The van der Waals surface area contributed by atoms with Crippen LogP contribution in [0.5, 0.6) is 0 Å². The van der Waals surface area contributed by atoms with E-state index in [-0.39, 0.29) is 11.8 Å². The predicted molar refractivity (Wildman–Crippen MR) is 140 cm³/mol. The summed E-state index contributed by atoms with van der Waals surface area (Å²) in [5.41, 5.74) is 6.54. The summed E-state index contributed by atoms with van der Waals surface area (Å²) in [4.78, 5) is 20.7. The SMILES string of the molecule is O=C1NCCN1CCN1CC=C(c2cn(-c3ccc(F)cc3)c3ccc(-c4ccccn4)cc23)CC1. The molecule has 1 saturated heterocycles. The molecule has 6 rings (SSSR count). The Hall–Kier alpha value is -3.97. The lowest BCUT2D eigenvalue weighted by Crippen LogP contribution is -2.38. The van der Waals surface area contributed by atoms with Gasteiger partial charge in [-0.25, -0.2) is 9.18 Å². The van der Waals surface area contributed by atoms with Crippen molar-refractivity contribution in [3.63, 3.8) is 0 Å². The van der Waals surface area contributed by atoms with Gasteiger partial charge in [0.1, 0.15) is 5.82 Å². The number of halogens is 1. The second-order valence-electron chi connectivity index (χ2n) is 9.34. The lowest BCUT2D eigenvalue weighted by Gasteiger charge is -2.28. The van der Waals surface area contributed by atoms with Gasteiger partial charge in [0, 0.05) is 73.9 Å². The van der Waals surface area contributed by atoms with Crippen molar-refractivity contribution in [3.05, 3.63) is 90.5 Å². The third-order valence-corrected chi connectivity index (χ3v) is 7.14. The summed E-state index contributed by atoms with van der Waals surface area (Å²) in [6.45, 7) is 4.96. The molecule has 0 aliphatic carbocycles. The fourth-order valence-corrected chi connectivity index (χ4v) is 5.14. The van der Waals surface area contributed by atoms with Crippen molar-refractivity contribution in [3.8, 4) is 16.9 Å². The van der Waals surface area contributed by atoms with Gasteiger partial charge in [0.15, 0.2) is 0 Å². The molecule has 1 fully saturated rings. The number of benzene rings is 2. The third-order valence-electron chi connectivity index (χ3n) is 7.14. The molecule has 2 aliphatic rings. The maximum absolute atomic E-state index is 13.6. The molecule has 0 saturated carbocycles. The number of carbonyl (C=O) groups is 1. The Morgan fingerprint density at radius 1 is 1.00 bits per heavy atom. The summed E-state index contributed by atoms with van der Waals surface area (Å²) >= 11 is 0. The van der Waals surface area contributed by atoms with Crippen molar-refractivity contribution >= 4 is 22.5 Å². The van der Waals surface area contributed by atoms with Crippen LogP contribution in [0.3, 0.4) is 0 Å². The Bertz CT molecular complexity index is 1430. The molecule has 4 heterocycles. The number of rotatable bonds is 6. The first-order valence-electron chi connectivity index (χ1n) is 12.4. The number of urea groups is 1. The van der Waals surface area contributed by atoms with E-state index in [1.807, 2.05) is 41.4 Å². The van der Waals surface area contributed by atoms with E-state index in [4.69, 9.17) is 0 Å². The maximum atomic E-state index is 13.6. The number of carbonyl (C=O) groups excluding carboxylic acids is 1. The fourth-order valence-electron chi connectivity index (χ4n) is 5.14. The van der Waals surface area contributed by atoms with Gasteiger partial charge in [0.2, 0.25) is 0 Å². The highest BCUT2D eigenvalue weighted by Gasteiger charge is 2.22. The van der Waals surface area contributed by atoms with Crippen molar-refractivity contribution in [2.75, 3.05) is 39.3 Å². The smallest absolute Gasteiger partial charge is 0.317 e. The molecule has 0 atom stereocenters. The number of hydrogen-bond donors (Lipinski definition) is 1. The molecule has 7 heteroatoms. The van der Waals surface area contributed by atoms with Crippen LogP contribution in [0, 0.1) is 5.82 Å². The lowest BCUT2D eigenvalue weighted by atomic mass is 9.97. The van der Waals surface area contributed by atoms with Gasteiger partial charge < -0.3 is 14.8 Å². The summed E-state index contributed by atoms with van der Waals surface area (Å²) in [5, 5.41) is 4.03. The quantitative estimate of drug-likeness (QED) is 0.424. The van der Waals surface area contributed by atoms with E-state index < -0.39 is 0 Å². The van der Waals surface area contributed by atoms with Crippen LogP contribution in [-0.4, -0.2) is 64.7 Å². The van der Waals surface area contributed by atoms with Crippen LogP contribution >= 0.6 is 0 Å². The maximum Gasteiger partial charge on any atom is 0.317 e. The van der Waals surface area contributed by atoms with Crippen LogP contribution in [0.1, 0.15) is 12.0 Å². The normalized spacial score (nSPS) is 16.4. The van der Waals surface area contributed by atoms with Crippen LogP contribution in [0.2, 0.25) is 0 Å². The number of hydrogen-bond acceptors (Lipinski definition) is 3. The third kappa shape index (κ3) is 4.38. The van der Waals surface area contributed by atoms with E-state index in [1.165, 1.54) is 23.3 Å². The number of nitrogens with zero attached hydrogens (tertiary/aromatic N) is 4. The first kappa shape index (κ1) is 22.5. The number of fused-ring (bicyclic) bond motifs is 1. The second kappa shape index (κ2) is 9.59. The minimum absolute atomic E-state index is 0.0422. The van der Waals surface area contributed by atoms with Crippen molar-refractivity contribution in [1.29, 1.82) is 0 Å². The first-order valence-corrected chi connectivity index (χ1v) is 12.4. The topological polar surface area (TPSA) is 53.4 Å². The molecule has 2 aromatic heterocycles. The Morgan fingerprint density at radius 3 is 2.61 bits per heavy atom. The predicted octanol–water partition coefficient (Wildman–Crippen LogP) is 4.95. The van der Waals surface area contributed by atoms with Gasteiger partial charge in [-0.15, -0.1) is 0 Å². The number of aromatic nitrogens is 2. The lowest BCUT2D eigenvalue weighted by molar-refractivity contribution is 0.205. The summed E-state index contributed by atoms with van der Waals surface area (Å²) < 4.78 is 15.8. The van der Waals surface area contributed by atoms with Crippen molar-refractivity contribution < 1.29 is 9.18 Å². The van der Waals surface area contributed by atoms with Crippen molar-refractivity contribution in [1.82, 2.24) is 24.7 Å². The Kier molecular flexibility index (Phi) is 5.99. The second-order valence-corrected chi connectivity index (χ2v) is 9.34. The van der Waals surface area contributed by atoms with E-state index in [9.17, 15) is 9.18 Å². The zero-order chi connectivity index (χ0) is 24.5. The Balaban J connectivity index is 1.33. The van der Waals surface area contributed by atoms with Gasteiger partial charge >= 0.3 is 6.03 Å². The van der Waals surface area contributed by atoms with E-state index in [1.54, 1.807) is 0 Å². The van der Waals surface area contributed by atoms with E-state index in [0.717, 1.165) is 73.5 Å². The van der Waals surface area contributed by atoms with Crippen molar-refractivity contribution in [2.24, 2.45) is 0 Å². The summed E-state index contributed by atoms with van der Waals surface area (Å²) in [6, 6.07) is 19.1. The molecule has 4 aromatic rings. The van der Waals surface area contributed by atoms with Crippen LogP contribution in [0.15, 0.2) is 79.1 Å². The number of nitrogens with one attached hydrogen (secondary N) is 1. The largest absolute Gasteiger partial charge is 0.336 e. The molecule has 0 spiro atoms. The van der Waals surface area contributed by atoms with E-state index in [0.29, 0.717) is 0 Å². The molecule has 0 bridgehead atoms. The molecule has 1 N–H and O–H groups in total. The Labute approximate surface area is 209 Å². The first-order chi connectivity index (χ1) is 17.7. The molecule has 0 radical (unpaired) electrons. The highest BCUT2D eigenvalue weighted by molar-refractivity contribution is 5.96. The molecule has 6 nitrogen and oxygen atoms in total. The van der Waals surface area contributed by atoms with Crippen LogP contribution in [0.4, 0.5) is 9.18 Å². The Morgan fingerprint density at radius 2 is 1.89 bits per heavy atom. The summed E-state index contributed by atoms with van der Waals surface area (Å²) in [5.74, 6) is -0.241. The van der Waals surface area contributed by atoms with Gasteiger partial charge in [0.05, 0.1) is 11.2 Å². The van der Waals surface area contributed by atoms with Gasteiger partial charge in [-0.2, -0.15) is 0 Å². The average Bonchev–Trinajstić information content (AvgIpc) is 3.51. The highest BCUT2D eigenvalue weighted by Crippen LogP contribution is 2.35. The summed E-state index contributed by atoms with van der Waals surface area (Å²) in [7, 11) is 0. The molecular weight excluding hydrogens is 453 g/mol. The fraction of sp³-hybridized carbons (Fsp3) is 0.241. The molecule has 2 aromatic carbocycles. The van der Waals surface area contributed by atoms with Gasteiger partial charge in [-0.05, 0) is 60.5 Å². The standard InChI is InChI=1S/C29H28FN5O/c30-23-5-7-24(8-6-23)35-20-26(25-19-22(4-9-28(25)35)27-3-1-2-12-31-27)21-10-14-33(15-11-21)17-18-34-16-13-32-29(34)36/h1-10,12,19-20H,11,13-18H2,(H,32,36). The van der Waals surface area contributed by atoms with Gasteiger partial charge in [0.25, 0.3) is 0 Å². The monoisotopic (exact) mass is 481 g/mol. The van der Waals surface area contributed by atoms with Crippen LogP contribution < -0.4 is 5.32 Å². The van der Waals surface area contributed by atoms with Gasteiger partial charge in [-0.3, -0.25) is 9.88 Å². The molecule has 0 unspecified atom stereocenters. The van der Waals surface area contributed by atoms with Crippen LogP contribution in [-0.2, 0) is 0 Å². The molecule has 182 valence electrons. The molecular formula is C29H28FN5O. The van der Waals surface area contributed by atoms with Crippen LogP contribution in [0.25, 0.3) is 33.4 Å². The summed E-state index contributed by atoms with van der Waals surface area (Å²) in [6.07, 6.45) is 7.23. The molecule has 2 amide bonds. The van der Waals surface area contributed by atoms with E-state index in [2.05, 4.69) is 50.2 Å². The van der Waals surface area contributed by atoms with Gasteiger partial charge in [-0.1, -0.05) is 18.2 Å². The average molecular weight is 482 g/mol. The number of amides is 2. The number of pyridine rings is 1. The minimum Gasteiger partial charge on any atom is -0.336 e. The van der Waals surface area contributed by atoms with E-state index >= 15 is 0 Å². The highest BCUT2D eigenvalue weighted by atomic mass is 19.1. The molecule has 36 heavy (non-hydrogen) atoms. The molecule has 2 aliphatic heterocycles.